The first-order chi connectivity index (χ1) is 11.6. The molecule has 2 aromatic rings. The Kier molecular flexibility index (Phi) is 3.98. The van der Waals surface area contributed by atoms with Crippen LogP contribution < -0.4 is 10.1 Å². The van der Waals surface area contributed by atoms with Crippen molar-refractivity contribution in [3.63, 3.8) is 0 Å². The van der Waals surface area contributed by atoms with E-state index in [0.717, 1.165) is 23.4 Å². The molecule has 0 radical (unpaired) electrons. The number of ether oxygens (including phenoxy) is 1. The van der Waals surface area contributed by atoms with Crippen molar-refractivity contribution in [2.75, 3.05) is 12.4 Å². The van der Waals surface area contributed by atoms with E-state index in [1.807, 2.05) is 18.2 Å². The molecule has 3 atom stereocenters. The summed E-state index contributed by atoms with van der Waals surface area (Å²) in [5.41, 5.74) is 4.75. The molecule has 1 N–H and O–H groups in total. The predicted molar refractivity (Wildman–Crippen MR) is 101 cm³/mol. The van der Waals surface area contributed by atoms with Gasteiger partial charge in [0, 0.05) is 5.92 Å². The molecule has 0 aromatic heterocycles. The summed E-state index contributed by atoms with van der Waals surface area (Å²) in [5.74, 6) is 1.67. The van der Waals surface area contributed by atoms with Gasteiger partial charge in [0.2, 0.25) is 0 Å². The lowest BCUT2D eigenvalue weighted by atomic mass is 9.75. The molecule has 2 aliphatic rings. The number of allylic oxidation sites excluding steroid dienone is 2. The largest absolute Gasteiger partial charge is 0.495 e. The molecule has 0 fully saturated rings. The van der Waals surface area contributed by atoms with E-state index in [4.69, 9.17) is 27.9 Å². The minimum atomic E-state index is 0.111. The van der Waals surface area contributed by atoms with Crippen LogP contribution in [-0.4, -0.2) is 7.11 Å². The predicted octanol–water partition coefficient (Wildman–Crippen LogP) is 6.14. The van der Waals surface area contributed by atoms with Crippen LogP contribution in [0.25, 0.3) is 0 Å². The van der Waals surface area contributed by atoms with E-state index in [0.29, 0.717) is 21.9 Å². The van der Waals surface area contributed by atoms with Gasteiger partial charge in [0.05, 0.1) is 28.9 Å². The van der Waals surface area contributed by atoms with Crippen LogP contribution in [0.1, 0.15) is 35.1 Å². The Bertz CT molecular complexity index is 831. The number of hydrogen-bond acceptors (Lipinski definition) is 2. The van der Waals surface area contributed by atoms with Crippen molar-refractivity contribution < 1.29 is 4.74 Å². The van der Waals surface area contributed by atoms with Crippen molar-refractivity contribution in [1.82, 2.24) is 0 Å². The Balaban J connectivity index is 1.89. The second-order valence-corrected chi connectivity index (χ2v) is 7.28. The molecule has 1 aliphatic heterocycles. The molecule has 124 valence electrons. The highest BCUT2D eigenvalue weighted by Crippen LogP contribution is 2.54. The van der Waals surface area contributed by atoms with Gasteiger partial charge >= 0.3 is 0 Å². The van der Waals surface area contributed by atoms with Gasteiger partial charge in [-0.05, 0) is 48.1 Å². The minimum Gasteiger partial charge on any atom is -0.495 e. The fourth-order valence-corrected chi connectivity index (χ4v) is 4.53. The number of anilines is 1. The number of nitrogens with one attached hydrogen (secondary N) is 1. The summed E-state index contributed by atoms with van der Waals surface area (Å²) in [6, 6.07) is 10.1. The highest BCUT2D eigenvalue weighted by molar-refractivity contribution is 6.42. The first-order valence-electron chi connectivity index (χ1n) is 8.16. The molecule has 24 heavy (non-hydrogen) atoms. The Hall–Kier alpha value is -1.64. The van der Waals surface area contributed by atoms with E-state index < -0.39 is 0 Å². The summed E-state index contributed by atoms with van der Waals surface area (Å²) in [5, 5.41) is 4.94. The zero-order valence-electron chi connectivity index (χ0n) is 13.6. The molecule has 4 heteroatoms. The van der Waals surface area contributed by atoms with Crippen LogP contribution in [0.3, 0.4) is 0 Å². The molecule has 4 rings (SSSR count). The van der Waals surface area contributed by atoms with Crippen LogP contribution in [-0.2, 0) is 0 Å². The zero-order chi connectivity index (χ0) is 16.8. The number of fused-ring (bicyclic) bond motifs is 3. The van der Waals surface area contributed by atoms with Gasteiger partial charge in [-0.3, -0.25) is 0 Å². The Labute approximate surface area is 152 Å². The van der Waals surface area contributed by atoms with E-state index in [2.05, 4.69) is 36.5 Å². The van der Waals surface area contributed by atoms with Crippen molar-refractivity contribution in [2.24, 2.45) is 5.92 Å². The molecule has 0 bridgehead atoms. The molecule has 0 amide bonds. The van der Waals surface area contributed by atoms with Crippen LogP contribution in [0.15, 0.2) is 42.5 Å². The fourth-order valence-electron chi connectivity index (χ4n) is 4.11. The monoisotopic (exact) mass is 359 g/mol. The number of rotatable bonds is 2. The third-order valence-corrected chi connectivity index (χ3v) is 6.07. The number of hydrogen-bond donors (Lipinski definition) is 1. The average Bonchev–Trinajstić information content (AvgIpc) is 3.06. The van der Waals surface area contributed by atoms with Gasteiger partial charge in [-0.1, -0.05) is 53.6 Å². The van der Waals surface area contributed by atoms with Crippen molar-refractivity contribution in [2.45, 2.75) is 25.3 Å². The standard InChI is InChI=1S/C20H19Cl2NO/c1-11-9-10-16(24-2)20-17(11)12-5-3-6-13(12)19(23-20)14-7-4-8-15(21)18(14)22/h3-5,7-10,12-13,19,23H,6H2,1-2H3/t12-,13+,19-/m0/s1. The first kappa shape index (κ1) is 15.9. The SMILES string of the molecule is COc1ccc(C)c2c1N[C@H](c1cccc(Cl)c1Cl)[C@@H]1CC=C[C@H]21. The molecule has 2 aromatic carbocycles. The van der Waals surface area contributed by atoms with Gasteiger partial charge in [-0.15, -0.1) is 0 Å². The van der Waals surface area contributed by atoms with E-state index in [1.54, 1.807) is 7.11 Å². The lowest BCUT2D eigenvalue weighted by Crippen LogP contribution is -2.30. The highest BCUT2D eigenvalue weighted by atomic mass is 35.5. The second kappa shape index (κ2) is 6.02. The van der Waals surface area contributed by atoms with Gasteiger partial charge < -0.3 is 10.1 Å². The lowest BCUT2D eigenvalue weighted by molar-refractivity contribution is 0.396. The van der Waals surface area contributed by atoms with Crippen molar-refractivity contribution in [3.8, 4) is 5.75 Å². The lowest BCUT2D eigenvalue weighted by Gasteiger charge is -2.39. The Morgan fingerprint density at radius 2 is 2.00 bits per heavy atom. The van der Waals surface area contributed by atoms with E-state index in [-0.39, 0.29) is 6.04 Å². The maximum atomic E-state index is 6.53. The van der Waals surface area contributed by atoms with Crippen molar-refractivity contribution in [3.05, 3.63) is 69.2 Å². The van der Waals surface area contributed by atoms with Crippen LogP contribution in [0.4, 0.5) is 5.69 Å². The summed E-state index contributed by atoms with van der Waals surface area (Å²) in [6.07, 6.45) is 5.62. The Morgan fingerprint density at radius 3 is 2.79 bits per heavy atom. The van der Waals surface area contributed by atoms with Gasteiger partial charge in [0.1, 0.15) is 5.75 Å². The molecule has 1 heterocycles. The maximum Gasteiger partial charge on any atom is 0.142 e. The molecular weight excluding hydrogens is 341 g/mol. The first-order valence-corrected chi connectivity index (χ1v) is 8.92. The average molecular weight is 360 g/mol. The molecule has 0 saturated carbocycles. The van der Waals surface area contributed by atoms with E-state index >= 15 is 0 Å². The Morgan fingerprint density at radius 1 is 1.17 bits per heavy atom. The summed E-state index contributed by atoms with van der Waals surface area (Å²) in [4.78, 5) is 0. The smallest absolute Gasteiger partial charge is 0.142 e. The van der Waals surface area contributed by atoms with Gasteiger partial charge in [0.25, 0.3) is 0 Å². The topological polar surface area (TPSA) is 21.3 Å². The van der Waals surface area contributed by atoms with Crippen LogP contribution in [0.5, 0.6) is 5.75 Å². The van der Waals surface area contributed by atoms with Crippen molar-refractivity contribution >= 4 is 28.9 Å². The molecule has 1 aliphatic carbocycles. The van der Waals surface area contributed by atoms with E-state index in [1.165, 1.54) is 11.1 Å². The van der Waals surface area contributed by atoms with Crippen LogP contribution in [0.2, 0.25) is 10.0 Å². The molecular formula is C20H19Cl2NO. The molecule has 0 spiro atoms. The van der Waals surface area contributed by atoms with Crippen molar-refractivity contribution in [1.29, 1.82) is 0 Å². The molecule has 0 saturated heterocycles. The molecule has 2 nitrogen and oxygen atoms in total. The minimum absolute atomic E-state index is 0.111. The van der Waals surface area contributed by atoms with Gasteiger partial charge in [-0.25, -0.2) is 0 Å². The highest BCUT2D eigenvalue weighted by Gasteiger charge is 2.40. The van der Waals surface area contributed by atoms with Gasteiger partial charge in [0.15, 0.2) is 0 Å². The number of benzene rings is 2. The third-order valence-electron chi connectivity index (χ3n) is 5.24. The number of methoxy groups -OCH3 is 1. The van der Waals surface area contributed by atoms with Crippen LogP contribution >= 0.6 is 23.2 Å². The normalized spacial score (nSPS) is 24.2. The fraction of sp³-hybridized carbons (Fsp3) is 0.300. The van der Waals surface area contributed by atoms with Crippen LogP contribution in [0, 0.1) is 12.8 Å². The molecule has 0 unspecified atom stereocenters. The summed E-state index contributed by atoms with van der Waals surface area (Å²) >= 11 is 12.8. The number of halogens is 2. The number of aryl methyl sites for hydroxylation is 1. The second-order valence-electron chi connectivity index (χ2n) is 6.49. The zero-order valence-corrected chi connectivity index (χ0v) is 15.2. The summed E-state index contributed by atoms with van der Waals surface area (Å²) in [6.45, 7) is 2.16. The third kappa shape index (κ3) is 2.32. The van der Waals surface area contributed by atoms with Gasteiger partial charge in [-0.2, -0.15) is 0 Å². The summed E-state index contributed by atoms with van der Waals surface area (Å²) in [7, 11) is 1.71. The van der Waals surface area contributed by atoms with E-state index in [9.17, 15) is 0 Å². The quantitative estimate of drug-likeness (QED) is 0.650. The summed E-state index contributed by atoms with van der Waals surface area (Å²) < 4.78 is 5.61. The maximum absolute atomic E-state index is 6.53.